The summed E-state index contributed by atoms with van der Waals surface area (Å²) in [6, 6.07) is 1.87. The number of nitrogens with one attached hydrogen (secondary N) is 1. The van der Waals surface area contributed by atoms with Crippen LogP contribution in [0.1, 0.15) is 68.9 Å². The maximum atomic E-state index is 13.2. The Labute approximate surface area is 175 Å². The molecule has 2 fully saturated rings. The maximum absolute atomic E-state index is 13.2. The van der Waals surface area contributed by atoms with Gasteiger partial charge in [0.2, 0.25) is 11.8 Å². The lowest BCUT2D eigenvalue weighted by Crippen LogP contribution is -2.41. The molecule has 8 heteroatoms. The van der Waals surface area contributed by atoms with Gasteiger partial charge in [-0.15, -0.1) is 0 Å². The predicted octanol–water partition coefficient (Wildman–Crippen LogP) is 2.03. The van der Waals surface area contributed by atoms with Crippen LogP contribution in [0.3, 0.4) is 0 Å². The number of nitrogens with zero attached hydrogens (tertiary/aromatic N) is 4. The minimum atomic E-state index is -0.132. The Bertz CT molecular complexity index is 1070. The van der Waals surface area contributed by atoms with Crippen molar-refractivity contribution in [1.82, 2.24) is 24.4 Å². The molecule has 0 spiro atoms. The third-order valence-corrected chi connectivity index (χ3v) is 6.95. The Hall–Kier alpha value is -2.64. The first-order valence-electron chi connectivity index (χ1n) is 11.2. The molecule has 160 valence electrons. The third kappa shape index (κ3) is 3.13. The average Bonchev–Trinajstić information content (AvgIpc) is 3.33. The van der Waals surface area contributed by atoms with Gasteiger partial charge in [-0.1, -0.05) is 13.8 Å². The van der Waals surface area contributed by atoms with Gasteiger partial charge in [-0.25, -0.2) is 9.50 Å². The van der Waals surface area contributed by atoms with Crippen LogP contribution >= 0.6 is 0 Å². The molecule has 2 aromatic heterocycles. The van der Waals surface area contributed by atoms with Crippen molar-refractivity contribution < 1.29 is 9.59 Å². The van der Waals surface area contributed by atoms with Crippen LogP contribution in [-0.4, -0.2) is 49.3 Å². The Morgan fingerprint density at radius 1 is 1.27 bits per heavy atom. The van der Waals surface area contributed by atoms with Gasteiger partial charge in [0.05, 0.1) is 29.5 Å². The highest BCUT2D eigenvalue weighted by Crippen LogP contribution is 2.34. The molecule has 4 heterocycles. The normalized spacial score (nSPS) is 22.4. The highest BCUT2D eigenvalue weighted by atomic mass is 16.2. The molecule has 8 nitrogen and oxygen atoms in total. The first kappa shape index (κ1) is 19.3. The van der Waals surface area contributed by atoms with Crippen LogP contribution in [0.25, 0.3) is 5.65 Å². The molecule has 2 atom stereocenters. The van der Waals surface area contributed by atoms with Gasteiger partial charge in [0.25, 0.3) is 5.56 Å². The van der Waals surface area contributed by atoms with E-state index in [9.17, 15) is 14.4 Å². The molecule has 2 aliphatic heterocycles. The first-order chi connectivity index (χ1) is 14.5. The molecule has 1 saturated carbocycles. The highest BCUT2D eigenvalue weighted by Gasteiger charge is 2.36. The van der Waals surface area contributed by atoms with Gasteiger partial charge < -0.3 is 9.80 Å². The fourth-order valence-corrected chi connectivity index (χ4v) is 4.76. The van der Waals surface area contributed by atoms with Crippen LogP contribution in [-0.2, 0) is 22.6 Å². The lowest BCUT2D eigenvalue weighted by molar-refractivity contribution is -0.136. The fourth-order valence-electron chi connectivity index (χ4n) is 4.76. The van der Waals surface area contributed by atoms with E-state index in [1.165, 1.54) is 4.52 Å². The summed E-state index contributed by atoms with van der Waals surface area (Å²) in [6.07, 6.45) is 5.20. The second-order valence-corrected chi connectivity index (χ2v) is 9.03. The van der Waals surface area contributed by atoms with Gasteiger partial charge in [0, 0.05) is 37.4 Å². The van der Waals surface area contributed by atoms with Crippen molar-refractivity contribution in [3.05, 3.63) is 33.4 Å². The van der Waals surface area contributed by atoms with E-state index in [4.69, 9.17) is 4.98 Å². The minimum Gasteiger partial charge on any atom is -0.337 e. The van der Waals surface area contributed by atoms with E-state index in [1.54, 1.807) is 0 Å². The van der Waals surface area contributed by atoms with Gasteiger partial charge in [-0.3, -0.25) is 19.5 Å². The molecular formula is C22H29N5O3. The lowest BCUT2D eigenvalue weighted by Gasteiger charge is -2.27. The molecule has 2 aromatic rings. The molecule has 1 aliphatic carbocycles. The van der Waals surface area contributed by atoms with E-state index in [2.05, 4.69) is 5.10 Å². The number of amides is 2. The molecular weight excluding hydrogens is 382 g/mol. The molecule has 0 aromatic carbocycles. The average molecular weight is 412 g/mol. The molecule has 1 N–H and O–H groups in total. The van der Waals surface area contributed by atoms with Gasteiger partial charge in [-0.05, 0) is 32.1 Å². The minimum absolute atomic E-state index is 0.00173. The van der Waals surface area contributed by atoms with Gasteiger partial charge in [-0.2, -0.15) is 0 Å². The number of rotatable bonds is 4. The van der Waals surface area contributed by atoms with Crippen molar-refractivity contribution in [2.24, 2.45) is 11.8 Å². The molecule has 0 radical (unpaired) electrons. The molecule has 2 amide bonds. The number of hydrogen-bond donors (Lipinski definition) is 1. The Kier molecular flexibility index (Phi) is 4.67. The van der Waals surface area contributed by atoms with Crippen LogP contribution in [0.5, 0.6) is 0 Å². The number of aromatic amines is 1. The van der Waals surface area contributed by atoms with Crippen molar-refractivity contribution in [1.29, 1.82) is 0 Å². The Morgan fingerprint density at radius 2 is 2.07 bits per heavy atom. The fraction of sp³-hybridized carbons (Fsp3) is 0.636. The number of carbonyl (C=O) groups is 2. The van der Waals surface area contributed by atoms with Crippen molar-refractivity contribution in [3.63, 3.8) is 0 Å². The highest BCUT2D eigenvalue weighted by molar-refractivity contribution is 5.81. The Morgan fingerprint density at radius 3 is 2.80 bits per heavy atom. The van der Waals surface area contributed by atoms with Crippen LogP contribution in [0.4, 0.5) is 0 Å². The zero-order chi connectivity index (χ0) is 21.0. The second-order valence-electron chi connectivity index (χ2n) is 9.03. The monoisotopic (exact) mass is 411 g/mol. The standard InChI is InChI=1S/C22H29N5O3/c1-3-13(2)20(28)26-9-4-5-18(26)17-11-19-23-16-8-10-25(21(29)14-6-7-14)12-15(16)22(30)27(19)24-17/h11,13-14,18,24H,3-10,12H2,1-2H3/t13-,18-/m0/s1. The molecule has 3 aliphatic rings. The van der Waals surface area contributed by atoms with Gasteiger partial charge >= 0.3 is 0 Å². The summed E-state index contributed by atoms with van der Waals surface area (Å²) in [5.74, 6) is 0.493. The predicted molar refractivity (Wildman–Crippen MR) is 111 cm³/mol. The Balaban J connectivity index is 1.47. The first-order valence-corrected chi connectivity index (χ1v) is 11.2. The van der Waals surface area contributed by atoms with Gasteiger partial charge in [0.15, 0.2) is 5.65 Å². The summed E-state index contributed by atoms with van der Waals surface area (Å²) in [6.45, 7) is 5.72. The zero-order valence-corrected chi connectivity index (χ0v) is 17.7. The van der Waals surface area contributed by atoms with Crippen LogP contribution < -0.4 is 5.56 Å². The summed E-state index contributed by atoms with van der Waals surface area (Å²) in [4.78, 5) is 46.9. The van der Waals surface area contributed by atoms with Crippen molar-refractivity contribution in [3.8, 4) is 0 Å². The number of carbonyl (C=O) groups excluding carboxylic acids is 2. The number of aromatic nitrogens is 3. The van der Waals surface area contributed by atoms with Crippen molar-refractivity contribution >= 4 is 17.5 Å². The van der Waals surface area contributed by atoms with E-state index >= 15 is 0 Å². The molecule has 1 saturated heterocycles. The van der Waals surface area contributed by atoms with Crippen LogP contribution in [0, 0.1) is 11.8 Å². The number of fused-ring (bicyclic) bond motifs is 2. The summed E-state index contributed by atoms with van der Waals surface area (Å²) >= 11 is 0. The summed E-state index contributed by atoms with van der Waals surface area (Å²) < 4.78 is 1.49. The quantitative estimate of drug-likeness (QED) is 0.833. The number of hydrogen-bond acceptors (Lipinski definition) is 4. The third-order valence-electron chi connectivity index (χ3n) is 6.95. The molecule has 30 heavy (non-hydrogen) atoms. The smallest absolute Gasteiger partial charge is 0.277 e. The van der Waals surface area contributed by atoms with Crippen LogP contribution in [0.2, 0.25) is 0 Å². The zero-order valence-electron chi connectivity index (χ0n) is 17.7. The van der Waals surface area contributed by atoms with Crippen molar-refractivity contribution in [2.45, 2.75) is 65.0 Å². The van der Waals surface area contributed by atoms with Crippen LogP contribution in [0.15, 0.2) is 10.9 Å². The molecule has 0 bridgehead atoms. The number of likely N-dealkylation sites (tertiary alicyclic amines) is 1. The topological polar surface area (TPSA) is 90.8 Å². The number of H-pyrrole nitrogens is 1. The largest absolute Gasteiger partial charge is 0.337 e. The summed E-state index contributed by atoms with van der Waals surface area (Å²) in [5.41, 5.74) is 2.73. The van der Waals surface area contributed by atoms with E-state index in [-0.39, 0.29) is 35.3 Å². The van der Waals surface area contributed by atoms with Gasteiger partial charge in [0.1, 0.15) is 0 Å². The van der Waals surface area contributed by atoms with E-state index < -0.39 is 0 Å². The summed E-state index contributed by atoms with van der Waals surface area (Å²) in [7, 11) is 0. The molecule has 5 rings (SSSR count). The van der Waals surface area contributed by atoms with E-state index in [0.29, 0.717) is 30.7 Å². The SMILES string of the molecule is CC[C@H](C)C(=O)N1CCC[C@H]1c1cc2nc3c(c(=O)n2[nH]1)CN(C(=O)C1CC1)CC3. The van der Waals surface area contributed by atoms with Crippen molar-refractivity contribution in [2.75, 3.05) is 13.1 Å². The second kappa shape index (κ2) is 7.25. The van der Waals surface area contributed by atoms with E-state index in [1.807, 2.05) is 29.7 Å². The molecule has 0 unspecified atom stereocenters. The van der Waals surface area contributed by atoms with E-state index in [0.717, 1.165) is 50.0 Å². The maximum Gasteiger partial charge on any atom is 0.277 e. The lowest BCUT2D eigenvalue weighted by atomic mass is 10.1. The summed E-state index contributed by atoms with van der Waals surface area (Å²) in [5, 5.41) is 3.22.